The number of nitrogens with one attached hydrogen (secondary N) is 1. The lowest BCUT2D eigenvalue weighted by Gasteiger charge is -2.19. The van der Waals surface area contributed by atoms with Gasteiger partial charge < -0.3 is 5.73 Å². The van der Waals surface area contributed by atoms with E-state index >= 15 is 0 Å². The van der Waals surface area contributed by atoms with Crippen LogP contribution < -0.4 is 5.73 Å². The maximum Gasteiger partial charge on any atom is 0.0977 e. The molecule has 1 atom stereocenters. The molecule has 0 spiro atoms. The molecule has 1 saturated carbocycles. The van der Waals surface area contributed by atoms with E-state index in [1.807, 2.05) is 18.2 Å². The Morgan fingerprint density at radius 1 is 1.33 bits per heavy atom. The highest BCUT2D eigenvalue weighted by Crippen LogP contribution is 2.64. The maximum absolute atomic E-state index is 7.74. The standard InChI is InChI=1S/C13H18N2/c1-12(2)9-13(12,11(14)15)8-10-6-4-3-5-7-10/h3-7H,8-9H2,1-2H3,(H3,14,15). The van der Waals surface area contributed by atoms with Crippen molar-refractivity contribution in [2.45, 2.75) is 26.7 Å². The lowest BCUT2D eigenvalue weighted by atomic mass is 9.88. The molecule has 2 rings (SSSR count). The van der Waals surface area contributed by atoms with E-state index in [0.717, 1.165) is 12.8 Å². The van der Waals surface area contributed by atoms with Crippen LogP contribution in [-0.4, -0.2) is 5.84 Å². The zero-order valence-electron chi connectivity index (χ0n) is 9.38. The Kier molecular flexibility index (Phi) is 2.10. The second kappa shape index (κ2) is 3.09. The van der Waals surface area contributed by atoms with Crippen LogP contribution in [0, 0.1) is 16.2 Å². The summed E-state index contributed by atoms with van der Waals surface area (Å²) in [5, 5.41) is 7.74. The van der Waals surface area contributed by atoms with Crippen LogP contribution in [0.3, 0.4) is 0 Å². The maximum atomic E-state index is 7.74. The fourth-order valence-electron chi connectivity index (χ4n) is 2.51. The van der Waals surface area contributed by atoms with Gasteiger partial charge >= 0.3 is 0 Å². The fourth-order valence-corrected chi connectivity index (χ4v) is 2.51. The van der Waals surface area contributed by atoms with Crippen LogP contribution in [0.2, 0.25) is 0 Å². The molecule has 1 aliphatic rings. The first-order chi connectivity index (χ1) is 6.98. The van der Waals surface area contributed by atoms with Crippen LogP contribution in [0.1, 0.15) is 25.8 Å². The first kappa shape index (κ1) is 10.2. The van der Waals surface area contributed by atoms with Crippen LogP contribution >= 0.6 is 0 Å². The number of hydrogen-bond acceptors (Lipinski definition) is 1. The Morgan fingerprint density at radius 2 is 1.87 bits per heavy atom. The third-order valence-electron chi connectivity index (χ3n) is 3.78. The Morgan fingerprint density at radius 3 is 2.27 bits per heavy atom. The Balaban J connectivity index is 2.22. The highest BCUT2D eigenvalue weighted by Gasteiger charge is 2.62. The van der Waals surface area contributed by atoms with Gasteiger partial charge in [-0.15, -0.1) is 0 Å². The van der Waals surface area contributed by atoms with Crippen molar-refractivity contribution in [2.24, 2.45) is 16.6 Å². The van der Waals surface area contributed by atoms with Crippen LogP contribution in [0.25, 0.3) is 0 Å². The molecule has 2 nitrogen and oxygen atoms in total. The van der Waals surface area contributed by atoms with E-state index in [9.17, 15) is 0 Å². The Bertz CT molecular complexity index is 381. The smallest absolute Gasteiger partial charge is 0.0977 e. The number of rotatable bonds is 3. The van der Waals surface area contributed by atoms with E-state index in [-0.39, 0.29) is 10.8 Å². The summed E-state index contributed by atoms with van der Waals surface area (Å²) in [6, 6.07) is 10.3. The summed E-state index contributed by atoms with van der Waals surface area (Å²) in [5.74, 6) is 0.344. The molecule has 2 heteroatoms. The van der Waals surface area contributed by atoms with Gasteiger partial charge in [-0.2, -0.15) is 0 Å². The minimum absolute atomic E-state index is 0.0889. The van der Waals surface area contributed by atoms with Gasteiger partial charge in [-0.05, 0) is 23.8 Å². The molecular formula is C13H18N2. The zero-order chi connectivity index (χ0) is 11.1. The first-order valence-corrected chi connectivity index (χ1v) is 5.36. The summed E-state index contributed by atoms with van der Waals surface area (Å²) in [6.45, 7) is 4.38. The van der Waals surface area contributed by atoms with Gasteiger partial charge in [0.1, 0.15) is 0 Å². The molecule has 0 aromatic heterocycles. The van der Waals surface area contributed by atoms with Crippen molar-refractivity contribution in [1.29, 1.82) is 5.41 Å². The molecule has 15 heavy (non-hydrogen) atoms. The molecular weight excluding hydrogens is 184 g/mol. The third-order valence-corrected chi connectivity index (χ3v) is 3.78. The van der Waals surface area contributed by atoms with Crippen LogP contribution in [0.5, 0.6) is 0 Å². The van der Waals surface area contributed by atoms with Gasteiger partial charge in [-0.25, -0.2) is 0 Å². The largest absolute Gasteiger partial charge is 0.387 e. The number of amidine groups is 1. The molecule has 80 valence electrons. The van der Waals surface area contributed by atoms with Crippen LogP contribution in [-0.2, 0) is 6.42 Å². The van der Waals surface area contributed by atoms with Gasteiger partial charge in [0.15, 0.2) is 0 Å². The monoisotopic (exact) mass is 202 g/mol. The van der Waals surface area contributed by atoms with E-state index in [0.29, 0.717) is 5.84 Å². The predicted octanol–water partition coefficient (Wildman–Crippen LogP) is 2.58. The number of nitrogens with two attached hydrogens (primary N) is 1. The van der Waals surface area contributed by atoms with Crippen molar-refractivity contribution < 1.29 is 0 Å². The average molecular weight is 202 g/mol. The Hall–Kier alpha value is -1.31. The van der Waals surface area contributed by atoms with E-state index in [2.05, 4.69) is 26.0 Å². The topological polar surface area (TPSA) is 49.9 Å². The highest BCUT2D eigenvalue weighted by atomic mass is 14.8. The van der Waals surface area contributed by atoms with Crippen molar-refractivity contribution in [2.75, 3.05) is 0 Å². The summed E-state index contributed by atoms with van der Waals surface area (Å²) in [7, 11) is 0. The molecule has 1 aliphatic carbocycles. The molecule has 1 aromatic rings. The summed E-state index contributed by atoms with van der Waals surface area (Å²) in [4.78, 5) is 0. The van der Waals surface area contributed by atoms with E-state index in [1.54, 1.807) is 0 Å². The molecule has 1 fully saturated rings. The molecule has 0 amide bonds. The summed E-state index contributed by atoms with van der Waals surface area (Å²) < 4.78 is 0. The highest BCUT2D eigenvalue weighted by molar-refractivity contribution is 5.88. The molecule has 0 bridgehead atoms. The second-order valence-electron chi connectivity index (χ2n) is 5.22. The molecule has 0 aliphatic heterocycles. The summed E-state index contributed by atoms with van der Waals surface area (Å²) in [5.41, 5.74) is 7.12. The average Bonchev–Trinajstić information content (AvgIpc) is 2.71. The van der Waals surface area contributed by atoms with Gasteiger partial charge in [0.25, 0.3) is 0 Å². The van der Waals surface area contributed by atoms with Gasteiger partial charge in [0.05, 0.1) is 5.84 Å². The van der Waals surface area contributed by atoms with Gasteiger partial charge in [0, 0.05) is 5.41 Å². The Labute approximate surface area is 91.0 Å². The lowest BCUT2D eigenvalue weighted by Crippen LogP contribution is -2.30. The fraction of sp³-hybridized carbons (Fsp3) is 0.462. The molecule has 0 heterocycles. The van der Waals surface area contributed by atoms with Crippen molar-refractivity contribution in [1.82, 2.24) is 0 Å². The normalized spacial score (nSPS) is 27.3. The zero-order valence-corrected chi connectivity index (χ0v) is 9.38. The minimum atomic E-state index is -0.0889. The minimum Gasteiger partial charge on any atom is -0.387 e. The second-order valence-corrected chi connectivity index (χ2v) is 5.22. The lowest BCUT2D eigenvalue weighted by molar-refractivity contribution is 0.485. The van der Waals surface area contributed by atoms with Gasteiger partial charge in [-0.1, -0.05) is 44.2 Å². The molecule has 0 saturated heterocycles. The van der Waals surface area contributed by atoms with Crippen LogP contribution in [0.15, 0.2) is 30.3 Å². The molecule has 1 aromatic carbocycles. The van der Waals surface area contributed by atoms with Crippen molar-refractivity contribution in [3.63, 3.8) is 0 Å². The first-order valence-electron chi connectivity index (χ1n) is 5.36. The van der Waals surface area contributed by atoms with E-state index in [4.69, 9.17) is 11.1 Å². The number of benzene rings is 1. The summed E-state index contributed by atoms with van der Waals surface area (Å²) >= 11 is 0. The van der Waals surface area contributed by atoms with Crippen molar-refractivity contribution in [3.05, 3.63) is 35.9 Å². The van der Waals surface area contributed by atoms with E-state index in [1.165, 1.54) is 5.56 Å². The quantitative estimate of drug-likeness (QED) is 0.574. The van der Waals surface area contributed by atoms with E-state index < -0.39 is 0 Å². The SMILES string of the molecule is CC1(C)CC1(Cc1ccccc1)C(=N)N. The third kappa shape index (κ3) is 1.54. The van der Waals surface area contributed by atoms with Gasteiger partial charge in [0.2, 0.25) is 0 Å². The van der Waals surface area contributed by atoms with Crippen molar-refractivity contribution >= 4 is 5.84 Å². The predicted molar refractivity (Wildman–Crippen MR) is 62.9 cm³/mol. The molecule has 0 radical (unpaired) electrons. The van der Waals surface area contributed by atoms with Gasteiger partial charge in [-0.3, -0.25) is 5.41 Å². The molecule has 1 unspecified atom stereocenters. The van der Waals surface area contributed by atoms with Crippen LogP contribution in [0.4, 0.5) is 0 Å². The summed E-state index contributed by atoms with van der Waals surface area (Å²) in [6.07, 6.45) is 1.93. The molecule has 3 N–H and O–H groups in total. The number of hydrogen-bond donors (Lipinski definition) is 2. The van der Waals surface area contributed by atoms with Crippen molar-refractivity contribution in [3.8, 4) is 0 Å².